The number of carbonyl (C=O) groups excluding carboxylic acids is 1. The lowest BCUT2D eigenvalue weighted by Gasteiger charge is -2.31. The van der Waals surface area contributed by atoms with Gasteiger partial charge in [0.2, 0.25) is 11.6 Å². The molecule has 136 valence electrons. The molecule has 1 aliphatic rings. The summed E-state index contributed by atoms with van der Waals surface area (Å²) in [6.45, 7) is 3.52. The highest BCUT2D eigenvalue weighted by Crippen LogP contribution is 2.33. The number of rotatable bonds is 5. The van der Waals surface area contributed by atoms with E-state index in [9.17, 15) is 14.9 Å². The van der Waals surface area contributed by atoms with Gasteiger partial charge in [-0.25, -0.2) is 9.97 Å². The van der Waals surface area contributed by atoms with Crippen LogP contribution in [0, 0.1) is 16.0 Å². The number of piperidine rings is 1. The zero-order valence-corrected chi connectivity index (χ0v) is 14.4. The Bertz CT molecular complexity index is 798. The number of hydrogen-bond acceptors (Lipinski definition) is 7. The maximum absolute atomic E-state index is 12.1. The number of amides is 1. The molecule has 1 atom stereocenters. The van der Waals surface area contributed by atoms with E-state index in [0.29, 0.717) is 24.6 Å². The molecule has 1 fully saturated rings. The van der Waals surface area contributed by atoms with Crippen LogP contribution in [0.15, 0.2) is 36.7 Å². The number of benzene rings is 1. The number of hydrazine groups is 1. The summed E-state index contributed by atoms with van der Waals surface area (Å²) in [6, 6.07) is 8.55. The Morgan fingerprint density at radius 3 is 2.77 bits per heavy atom. The monoisotopic (exact) mass is 356 g/mol. The third-order valence-electron chi connectivity index (χ3n) is 4.27. The minimum absolute atomic E-state index is 0.0393. The van der Waals surface area contributed by atoms with Gasteiger partial charge < -0.3 is 4.90 Å². The van der Waals surface area contributed by atoms with Crippen molar-refractivity contribution in [1.29, 1.82) is 0 Å². The lowest BCUT2D eigenvalue weighted by Crippen LogP contribution is -2.36. The van der Waals surface area contributed by atoms with Gasteiger partial charge in [-0.1, -0.05) is 25.1 Å². The van der Waals surface area contributed by atoms with Crippen molar-refractivity contribution in [3.8, 4) is 0 Å². The van der Waals surface area contributed by atoms with E-state index in [4.69, 9.17) is 0 Å². The van der Waals surface area contributed by atoms with Crippen LogP contribution >= 0.6 is 0 Å². The average Bonchev–Trinajstić information content (AvgIpc) is 2.66. The van der Waals surface area contributed by atoms with Gasteiger partial charge in [-0.05, 0) is 30.9 Å². The second-order valence-corrected chi connectivity index (χ2v) is 6.29. The predicted octanol–water partition coefficient (Wildman–Crippen LogP) is 2.38. The lowest BCUT2D eigenvalue weighted by atomic mass is 10.0. The zero-order valence-electron chi connectivity index (χ0n) is 14.4. The zero-order chi connectivity index (χ0) is 18.5. The third kappa shape index (κ3) is 3.88. The molecule has 9 nitrogen and oxygen atoms in total. The van der Waals surface area contributed by atoms with Crippen LogP contribution < -0.4 is 15.8 Å². The number of anilines is 2. The van der Waals surface area contributed by atoms with Gasteiger partial charge in [0.1, 0.15) is 6.33 Å². The first-order chi connectivity index (χ1) is 12.6. The SMILES string of the molecule is CC1CCCN(c2ncnc(NNC(=O)c3ccccc3)c2[N+](=O)[O-])C1. The Balaban J connectivity index is 1.82. The van der Waals surface area contributed by atoms with Crippen molar-refractivity contribution in [3.63, 3.8) is 0 Å². The first-order valence-corrected chi connectivity index (χ1v) is 8.42. The van der Waals surface area contributed by atoms with E-state index in [1.807, 2.05) is 4.90 Å². The van der Waals surface area contributed by atoms with E-state index in [1.54, 1.807) is 30.3 Å². The molecule has 1 aromatic carbocycles. The van der Waals surface area contributed by atoms with Gasteiger partial charge in [-0.2, -0.15) is 0 Å². The Labute approximate surface area is 150 Å². The number of hydrogen-bond donors (Lipinski definition) is 2. The van der Waals surface area contributed by atoms with Gasteiger partial charge in [-0.15, -0.1) is 0 Å². The molecule has 2 aromatic rings. The summed E-state index contributed by atoms with van der Waals surface area (Å²) in [4.78, 5) is 33.2. The molecule has 1 aromatic heterocycles. The summed E-state index contributed by atoms with van der Waals surface area (Å²) in [5.41, 5.74) is 5.20. The van der Waals surface area contributed by atoms with Gasteiger partial charge in [0.25, 0.3) is 5.91 Å². The fourth-order valence-electron chi connectivity index (χ4n) is 3.02. The molecule has 3 rings (SSSR count). The topological polar surface area (TPSA) is 113 Å². The van der Waals surface area contributed by atoms with Crippen LogP contribution in [-0.2, 0) is 0 Å². The van der Waals surface area contributed by atoms with E-state index >= 15 is 0 Å². The first kappa shape index (κ1) is 17.6. The van der Waals surface area contributed by atoms with Crippen LogP contribution in [0.3, 0.4) is 0 Å². The average molecular weight is 356 g/mol. The first-order valence-electron chi connectivity index (χ1n) is 8.42. The van der Waals surface area contributed by atoms with Crippen molar-refractivity contribution >= 4 is 23.2 Å². The highest BCUT2D eigenvalue weighted by Gasteiger charge is 2.29. The minimum Gasteiger partial charge on any atom is -0.350 e. The fourth-order valence-corrected chi connectivity index (χ4v) is 3.02. The molecular weight excluding hydrogens is 336 g/mol. The molecule has 1 unspecified atom stereocenters. The molecule has 2 heterocycles. The van der Waals surface area contributed by atoms with Crippen LogP contribution in [0.25, 0.3) is 0 Å². The molecule has 1 amide bonds. The van der Waals surface area contributed by atoms with Crippen molar-refractivity contribution in [2.75, 3.05) is 23.4 Å². The van der Waals surface area contributed by atoms with Crippen molar-refractivity contribution in [2.45, 2.75) is 19.8 Å². The Morgan fingerprint density at radius 2 is 2.08 bits per heavy atom. The summed E-state index contributed by atoms with van der Waals surface area (Å²) in [7, 11) is 0. The maximum atomic E-state index is 12.1. The molecule has 0 bridgehead atoms. The molecule has 0 radical (unpaired) electrons. The van der Waals surface area contributed by atoms with Gasteiger partial charge >= 0.3 is 5.69 Å². The van der Waals surface area contributed by atoms with Crippen molar-refractivity contribution in [2.24, 2.45) is 5.92 Å². The minimum atomic E-state index is -0.522. The maximum Gasteiger partial charge on any atom is 0.355 e. The predicted molar refractivity (Wildman–Crippen MR) is 96.8 cm³/mol. The number of nitrogens with one attached hydrogen (secondary N) is 2. The third-order valence-corrected chi connectivity index (χ3v) is 4.27. The molecule has 2 N–H and O–H groups in total. The Hall–Kier alpha value is -3.23. The molecule has 9 heteroatoms. The molecule has 1 aliphatic heterocycles. The number of carbonyl (C=O) groups is 1. The second kappa shape index (κ2) is 7.77. The fraction of sp³-hybridized carbons (Fsp3) is 0.353. The van der Waals surface area contributed by atoms with Crippen molar-refractivity contribution < 1.29 is 9.72 Å². The molecule has 0 spiro atoms. The summed E-state index contributed by atoms with van der Waals surface area (Å²) in [5.74, 6) is 0.259. The summed E-state index contributed by atoms with van der Waals surface area (Å²) in [5, 5.41) is 11.6. The van der Waals surface area contributed by atoms with E-state index in [-0.39, 0.29) is 17.3 Å². The standard InChI is InChI=1S/C17H20N6O3/c1-12-6-5-9-22(10-12)16-14(23(25)26)15(18-11-19-16)20-21-17(24)13-7-3-2-4-8-13/h2-4,7-8,11-12H,5-6,9-10H2,1H3,(H,21,24)(H,18,19,20). The van der Waals surface area contributed by atoms with Crippen LogP contribution in [0.4, 0.5) is 17.3 Å². The van der Waals surface area contributed by atoms with Crippen molar-refractivity contribution in [3.05, 3.63) is 52.3 Å². The van der Waals surface area contributed by atoms with Crippen LogP contribution in [0.1, 0.15) is 30.1 Å². The number of nitro groups is 1. The van der Waals surface area contributed by atoms with Crippen LogP contribution in [-0.4, -0.2) is 33.9 Å². The smallest absolute Gasteiger partial charge is 0.350 e. The number of aromatic nitrogens is 2. The summed E-state index contributed by atoms with van der Waals surface area (Å²) >= 11 is 0. The molecular formula is C17H20N6O3. The highest BCUT2D eigenvalue weighted by molar-refractivity contribution is 5.95. The molecule has 1 saturated heterocycles. The molecule has 26 heavy (non-hydrogen) atoms. The van der Waals surface area contributed by atoms with Gasteiger partial charge in [0.05, 0.1) is 4.92 Å². The van der Waals surface area contributed by atoms with Gasteiger partial charge in [0.15, 0.2) is 0 Å². The van der Waals surface area contributed by atoms with Crippen LogP contribution in [0.5, 0.6) is 0 Å². The van der Waals surface area contributed by atoms with E-state index in [2.05, 4.69) is 27.7 Å². The van der Waals surface area contributed by atoms with Crippen molar-refractivity contribution in [1.82, 2.24) is 15.4 Å². The Morgan fingerprint density at radius 1 is 1.31 bits per heavy atom. The van der Waals surface area contributed by atoms with Gasteiger partial charge in [-0.3, -0.25) is 25.8 Å². The molecule has 0 aliphatic carbocycles. The largest absolute Gasteiger partial charge is 0.355 e. The second-order valence-electron chi connectivity index (χ2n) is 6.29. The quantitative estimate of drug-likeness (QED) is 0.624. The lowest BCUT2D eigenvalue weighted by molar-refractivity contribution is -0.383. The highest BCUT2D eigenvalue weighted by atomic mass is 16.6. The summed E-state index contributed by atoms with van der Waals surface area (Å²) < 4.78 is 0. The number of nitrogens with zero attached hydrogens (tertiary/aromatic N) is 4. The molecule has 0 saturated carbocycles. The van der Waals surface area contributed by atoms with E-state index < -0.39 is 10.8 Å². The summed E-state index contributed by atoms with van der Waals surface area (Å²) in [6.07, 6.45) is 3.31. The van der Waals surface area contributed by atoms with Gasteiger partial charge in [0, 0.05) is 18.7 Å². The van der Waals surface area contributed by atoms with E-state index in [0.717, 1.165) is 12.8 Å². The van der Waals surface area contributed by atoms with E-state index in [1.165, 1.54) is 6.33 Å². The Kier molecular flexibility index (Phi) is 5.26. The van der Waals surface area contributed by atoms with Crippen LogP contribution in [0.2, 0.25) is 0 Å². The normalized spacial score (nSPS) is 16.8.